The van der Waals surface area contributed by atoms with Crippen molar-refractivity contribution in [2.45, 2.75) is 26.3 Å². The predicted octanol–water partition coefficient (Wildman–Crippen LogP) is 2.96. The highest BCUT2D eigenvalue weighted by Gasteiger charge is 2.26. The van der Waals surface area contributed by atoms with Gasteiger partial charge in [-0.05, 0) is 43.5 Å². The maximum absolute atomic E-state index is 4.81. The fourth-order valence-corrected chi connectivity index (χ4v) is 3.93. The Balaban J connectivity index is 1.62. The van der Waals surface area contributed by atoms with Gasteiger partial charge in [-0.25, -0.2) is 9.67 Å². The Bertz CT molecular complexity index is 738. The lowest BCUT2D eigenvalue weighted by atomic mass is 10.1. The molecule has 0 bridgehead atoms. The van der Waals surface area contributed by atoms with E-state index in [9.17, 15) is 0 Å². The average molecular weight is 299 g/mol. The van der Waals surface area contributed by atoms with Gasteiger partial charge >= 0.3 is 0 Å². The Morgan fingerprint density at radius 3 is 2.90 bits per heavy atom. The Morgan fingerprint density at radius 1 is 1.24 bits per heavy atom. The molecule has 1 aromatic carbocycles. The summed E-state index contributed by atoms with van der Waals surface area (Å²) in [6, 6.07) is 4.84. The summed E-state index contributed by atoms with van der Waals surface area (Å²) in [5, 5.41) is 9.14. The van der Waals surface area contributed by atoms with Gasteiger partial charge in [-0.1, -0.05) is 16.6 Å². The Hall–Kier alpha value is -1.95. The molecule has 0 aliphatic carbocycles. The second-order valence-corrected chi connectivity index (χ2v) is 6.68. The summed E-state index contributed by atoms with van der Waals surface area (Å²) in [4.78, 5) is 7.17. The maximum Gasteiger partial charge on any atom is 0.186 e. The van der Waals surface area contributed by atoms with Crippen molar-refractivity contribution >= 4 is 26.7 Å². The molecule has 1 aliphatic heterocycles. The van der Waals surface area contributed by atoms with Crippen LogP contribution in [-0.4, -0.2) is 33.1 Å². The third-order valence-corrected chi connectivity index (χ3v) is 5.32. The molecule has 4 rings (SSSR count). The minimum Gasteiger partial charge on any atom is -0.346 e. The lowest BCUT2D eigenvalue weighted by molar-refractivity contribution is 0.479. The normalized spacial score (nSPS) is 18.8. The summed E-state index contributed by atoms with van der Waals surface area (Å²) in [5.41, 5.74) is 3.75. The standard InChI is InChI=1S/C15H17N5S/c1-10-7-13-14(8-11(10)2)21-15(17-13)19-5-3-12(9-19)20-6-4-16-18-20/h4,6-8,12H,3,5,9H2,1-2H3/t12-/m1/s1. The first-order chi connectivity index (χ1) is 10.2. The number of benzene rings is 1. The number of hydrogen-bond donors (Lipinski definition) is 0. The summed E-state index contributed by atoms with van der Waals surface area (Å²) >= 11 is 1.79. The summed E-state index contributed by atoms with van der Waals surface area (Å²) in [5.74, 6) is 0. The van der Waals surface area contributed by atoms with Crippen LogP contribution in [0.25, 0.3) is 10.2 Å². The molecule has 3 aromatic rings. The molecule has 5 nitrogen and oxygen atoms in total. The van der Waals surface area contributed by atoms with Crippen molar-refractivity contribution in [2.75, 3.05) is 18.0 Å². The van der Waals surface area contributed by atoms with E-state index in [-0.39, 0.29) is 0 Å². The number of fused-ring (bicyclic) bond motifs is 1. The Labute approximate surface area is 127 Å². The summed E-state index contributed by atoms with van der Waals surface area (Å²) in [7, 11) is 0. The Kier molecular flexibility index (Phi) is 2.92. The highest BCUT2D eigenvalue weighted by Crippen LogP contribution is 2.34. The molecule has 0 saturated carbocycles. The highest BCUT2D eigenvalue weighted by atomic mass is 32.1. The molecule has 108 valence electrons. The van der Waals surface area contributed by atoms with Crippen LogP contribution in [0.5, 0.6) is 0 Å². The van der Waals surface area contributed by atoms with Gasteiger partial charge in [0.05, 0.1) is 22.5 Å². The van der Waals surface area contributed by atoms with Gasteiger partial charge in [-0.3, -0.25) is 0 Å². The van der Waals surface area contributed by atoms with E-state index in [1.54, 1.807) is 17.5 Å². The van der Waals surface area contributed by atoms with Crippen molar-refractivity contribution in [2.24, 2.45) is 0 Å². The molecule has 6 heteroatoms. The average Bonchev–Trinajstić information content (AvgIpc) is 3.18. The van der Waals surface area contributed by atoms with Crippen molar-refractivity contribution in [1.82, 2.24) is 20.0 Å². The zero-order chi connectivity index (χ0) is 14.4. The lowest BCUT2D eigenvalue weighted by Gasteiger charge is -2.14. The quantitative estimate of drug-likeness (QED) is 0.730. The molecule has 0 amide bonds. The minimum absolute atomic E-state index is 0.406. The molecule has 2 aromatic heterocycles. The van der Waals surface area contributed by atoms with Gasteiger partial charge in [-0.15, -0.1) is 5.10 Å². The molecule has 1 aliphatic rings. The lowest BCUT2D eigenvalue weighted by Crippen LogP contribution is -2.20. The molecule has 1 atom stereocenters. The highest BCUT2D eigenvalue weighted by molar-refractivity contribution is 7.22. The number of hydrogen-bond acceptors (Lipinski definition) is 5. The monoisotopic (exact) mass is 299 g/mol. The smallest absolute Gasteiger partial charge is 0.186 e. The molecule has 1 fully saturated rings. The Morgan fingerprint density at radius 2 is 2.10 bits per heavy atom. The van der Waals surface area contributed by atoms with Gasteiger partial charge in [0.15, 0.2) is 5.13 Å². The van der Waals surface area contributed by atoms with E-state index >= 15 is 0 Å². The number of aromatic nitrogens is 4. The largest absolute Gasteiger partial charge is 0.346 e. The van der Waals surface area contributed by atoms with Gasteiger partial charge in [-0.2, -0.15) is 0 Å². The molecule has 0 unspecified atom stereocenters. The molecular formula is C15H17N5S. The van der Waals surface area contributed by atoms with Crippen LogP contribution in [0.15, 0.2) is 24.5 Å². The van der Waals surface area contributed by atoms with Gasteiger partial charge in [0.1, 0.15) is 0 Å². The first-order valence-corrected chi connectivity index (χ1v) is 8.01. The van der Waals surface area contributed by atoms with Crippen LogP contribution in [0, 0.1) is 13.8 Å². The zero-order valence-electron chi connectivity index (χ0n) is 12.2. The molecular weight excluding hydrogens is 282 g/mol. The molecule has 0 radical (unpaired) electrons. The molecule has 1 saturated heterocycles. The van der Waals surface area contributed by atoms with E-state index in [1.165, 1.54) is 15.8 Å². The first kappa shape index (κ1) is 12.8. The minimum atomic E-state index is 0.406. The second kappa shape index (κ2) is 4.80. The van der Waals surface area contributed by atoms with E-state index in [0.717, 1.165) is 30.2 Å². The van der Waals surface area contributed by atoms with E-state index in [4.69, 9.17) is 4.98 Å². The van der Waals surface area contributed by atoms with Crippen molar-refractivity contribution in [3.05, 3.63) is 35.7 Å². The fraction of sp³-hybridized carbons (Fsp3) is 0.400. The van der Waals surface area contributed by atoms with Crippen LogP contribution < -0.4 is 4.90 Å². The number of thiazole rings is 1. The van der Waals surface area contributed by atoms with Crippen LogP contribution in [0.2, 0.25) is 0 Å². The number of rotatable bonds is 2. The van der Waals surface area contributed by atoms with E-state index < -0.39 is 0 Å². The van der Waals surface area contributed by atoms with E-state index in [0.29, 0.717) is 6.04 Å². The fourth-order valence-electron chi connectivity index (χ4n) is 2.85. The topological polar surface area (TPSA) is 46.8 Å². The van der Waals surface area contributed by atoms with Crippen LogP contribution in [0.1, 0.15) is 23.6 Å². The van der Waals surface area contributed by atoms with Crippen molar-refractivity contribution in [1.29, 1.82) is 0 Å². The van der Waals surface area contributed by atoms with Crippen molar-refractivity contribution in [3.8, 4) is 0 Å². The van der Waals surface area contributed by atoms with Crippen LogP contribution in [0.4, 0.5) is 5.13 Å². The maximum atomic E-state index is 4.81. The molecule has 3 heterocycles. The third kappa shape index (κ3) is 2.19. The first-order valence-electron chi connectivity index (χ1n) is 7.19. The van der Waals surface area contributed by atoms with Crippen molar-refractivity contribution < 1.29 is 0 Å². The summed E-state index contributed by atoms with van der Waals surface area (Å²) in [6.45, 7) is 6.29. The second-order valence-electron chi connectivity index (χ2n) is 5.67. The SMILES string of the molecule is Cc1cc2nc(N3CC[C@@H](n4ccnn4)C3)sc2cc1C. The van der Waals surface area contributed by atoms with Gasteiger partial charge < -0.3 is 4.90 Å². The number of aryl methyl sites for hydroxylation is 2. The van der Waals surface area contributed by atoms with Crippen molar-refractivity contribution in [3.63, 3.8) is 0 Å². The predicted molar refractivity (Wildman–Crippen MR) is 85.0 cm³/mol. The van der Waals surface area contributed by atoms with Gasteiger partial charge in [0, 0.05) is 19.3 Å². The third-order valence-electron chi connectivity index (χ3n) is 4.24. The van der Waals surface area contributed by atoms with Crippen LogP contribution in [0.3, 0.4) is 0 Å². The van der Waals surface area contributed by atoms with Gasteiger partial charge in [0.2, 0.25) is 0 Å². The van der Waals surface area contributed by atoms with Gasteiger partial charge in [0.25, 0.3) is 0 Å². The molecule has 0 spiro atoms. The summed E-state index contributed by atoms with van der Waals surface area (Å²) < 4.78 is 3.24. The molecule has 0 N–H and O–H groups in total. The van der Waals surface area contributed by atoms with Crippen LogP contribution >= 0.6 is 11.3 Å². The molecule has 21 heavy (non-hydrogen) atoms. The number of anilines is 1. The van der Waals surface area contributed by atoms with E-state index in [1.807, 2.05) is 10.9 Å². The van der Waals surface area contributed by atoms with Crippen LogP contribution in [-0.2, 0) is 0 Å². The summed E-state index contributed by atoms with van der Waals surface area (Å²) in [6.07, 6.45) is 4.78. The zero-order valence-corrected chi connectivity index (χ0v) is 13.0. The number of nitrogens with zero attached hydrogens (tertiary/aromatic N) is 5. The van der Waals surface area contributed by atoms with E-state index in [2.05, 4.69) is 41.2 Å².